The quantitative estimate of drug-likeness (QED) is 0.223. The van der Waals surface area contributed by atoms with Crippen LogP contribution in [-0.4, -0.2) is 47.9 Å². The lowest BCUT2D eigenvalue weighted by Crippen LogP contribution is -2.55. The van der Waals surface area contributed by atoms with Crippen LogP contribution in [0, 0.1) is 20.8 Å². The van der Waals surface area contributed by atoms with E-state index in [4.69, 9.17) is 0 Å². The van der Waals surface area contributed by atoms with Crippen molar-refractivity contribution in [2.45, 2.75) is 70.6 Å². The number of alkyl halides is 6. The maximum absolute atomic E-state index is 15.0. The van der Waals surface area contributed by atoms with E-state index in [1.54, 1.807) is 13.8 Å². The molecule has 4 amide bonds. The van der Waals surface area contributed by atoms with Crippen molar-refractivity contribution >= 4 is 29.3 Å². The number of fused-ring (bicyclic) bond motifs is 3. The molecular weight excluding hydrogens is 614 g/mol. The second kappa shape index (κ2) is 9.52. The fraction of sp³-hybridized carbons (Fsp3) is 0.353. The first-order valence-corrected chi connectivity index (χ1v) is 14.4. The van der Waals surface area contributed by atoms with E-state index in [2.05, 4.69) is 13.8 Å². The molecule has 0 bridgehead atoms. The second-order valence-corrected chi connectivity index (χ2v) is 12.8. The zero-order chi connectivity index (χ0) is 34.0. The maximum Gasteiger partial charge on any atom is 0.411 e. The monoisotopic (exact) mass is 642 g/mol. The fourth-order valence-corrected chi connectivity index (χ4v) is 7.58. The van der Waals surface area contributed by atoms with Crippen LogP contribution in [0.3, 0.4) is 0 Å². The molecule has 6 nitrogen and oxygen atoms in total. The molecule has 0 unspecified atom stereocenters. The molecule has 0 saturated heterocycles. The molecule has 0 spiro atoms. The van der Waals surface area contributed by atoms with Gasteiger partial charge in [-0.2, -0.15) is 26.3 Å². The highest BCUT2D eigenvalue weighted by Crippen LogP contribution is 2.57. The molecule has 3 aromatic rings. The largest absolute Gasteiger partial charge is 0.411 e. The van der Waals surface area contributed by atoms with Gasteiger partial charge in [0.25, 0.3) is 23.6 Å². The van der Waals surface area contributed by atoms with Gasteiger partial charge in [-0.1, -0.05) is 26.0 Å². The number of anilines is 1. The number of amides is 4. The molecule has 12 heteroatoms. The standard InChI is InChI=1S/C34H28F6N2O4/c1-15-16(2)26(17(3)20-11-12-31(4,5)25(15)20)42-29(45)22-10-8-19(14-24(22)30(42)46)32(33(35,36)37,34(38,39)40)18-7-9-21-23(13-18)28(44)41(6)27(21)43/h7-10,13-14H,11-12H2,1-6H3. The normalized spacial score (nSPS) is 17.7. The SMILES string of the molecule is Cc1c(C)c2c(c(C)c1N1C(=O)c3ccc(C(c4ccc5c(c4)C(=O)N(C)C5=O)(C(F)(F)F)C(F)(F)F)cc3C1=O)CCC2(C)C. The average Bonchev–Trinajstić information content (AvgIpc) is 3.49. The summed E-state index contributed by atoms with van der Waals surface area (Å²) in [5.74, 6) is -3.82. The Morgan fingerprint density at radius 2 is 1.11 bits per heavy atom. The third kappa shape index (κ3) is 3.84. The minimum absolute atomic E-state index is 0.159. The Balaban J connectivity index is 1.55. The topological polar surface area (TPSA) is 74.8 Å². The lowest BCUT2D eigenvalue weighted by molar-refractivity contribution is -0.288. The van der Waals surface area contributed by atoms with E-state index in [0.717, 1.165) is 47.2 Å². The van der Waals surface area contributed by atoms with Crippen LogP contribution in [0.4, 0.5) is 32.0 Å². The highest BCUT2D eigenvalue weighted by Gasteiger charge is 2.73. The number of hydrogen-bond donors (Lipinski definition) is 0. The van der Waals surface area contributed by atoms with Crippen molar-refractivity contribution in [2.24, 2.45) is 0 Å². The van der Waals surface area contributed by atoms with Gasteiger partial charge in [-0.15, -0.1) is 0 Å². The van der Waals surface area contributed by atoms with Gasteiger partial charge in [0, 0.05) is 7.05 Å². The van der Waals surface area contributed by atoms with E-state index in [0.29, 0.717) is 46.7 Å². The van der Waals surface area contributed by atoms with Crippen molar-refractivity contribution in [1.82, 2.24) is 4.90 Å². The van der Waals surface area contributed by atoms with Gasteiger partial charge in [-0.3, -0.25) is 24.1 Å². The maximum atomic E-state index is 15.0. The summed E-state index contributed by atoms with van der Waals surface area (Å²) in [5.41, 5.74) is -5.02. The molecule has 0 N–H and O–H groups in total. The van der Waals surface area contributed by atoms with E-state index in [1.165, 1.54) is 0 Å². The van der Waals surface area contributed by atoms with Gasteiger partial charge in [-0.05, 0) is 102 Å². The molecule has 2 heterocycles. The van der Waals surface area contributed by atoms with Gasteiger partial charge in [0.2, 0.25) is 5.41 Å². The van der Waals surface area contributed by atoms with Gasteiger partial charge in [0.05, 0.1) is 27.9 Å². The molecule has 0 saturated carbocycles. The van der Waals surface area contributed by atoms with Crippen molar-refractivity contribution in [2.75, 3.05) is 11.9 Å². The average molecular weight is 643 g/mol. The summed E-state index contributed by atoms with van der Waals surface area (Å²) >= 11 is 0. The molecule has 0 aromatic heterocycles. The molecule has 0 radical (unpaired) electrons. The predicted octanol–water partition coefficient (Wildman–Crippen LogP) is 7.27. The molecule has 3 aliphatic rings. The fourth-order valence-electron chi connectivity index (χ4n) is 7.58. The summed E-state index contributed by atoms with van der Waals surface area (Å²) in [7, 11) is 1.06. The van der Waals surface area contributed by atoms with Crippen molar-refractivity contribution in [1.29, 1.82) is 0 Å². The minimum atomic E-state index is -6.03. The number of carbonyl (C=O) groups is 4. The summed E-state index contributed by atoms with van der Waals surface area (Å²) in [6.45, 7) is 9.54. The number of benzene rings is 3. The number of nitrogens with zero attached hydrogens (tertiary/aromatic N) is 2. The predicted molar refractivity (Wildman–Crippen MR) is 155 cm³/mol. The van der Waals surface area contributed by atoms with E-state index in [9.17, 15) is 19.2 Å². The molecule has 0 atom stereocenters. The third-order valence-corrected chi connectivity index (χ3v) is 10.00. The summed E-state index contributed by atoms with van der Waals surface area (Å²) in [6.07, 6.45) is -10.6. The Hall–Kier alpha value is -4.48. The molecule has 0 fully saturated rings. The zero-order valence-electron chi connectivity index (χ0n) is 25.7. The van der Waals surface area contributed by atoms with E-state index < -0.39 is 63.7 Å². The van der Waals surface area contributed by atoms with Crippen molar-refractivity contribution in [3.63, 3.8) is 0 Å². The van der Waals surface area contributed by atoms with E-state index in [1.807, 2.05) is 6.92 Å². The van der Waals surface area contributed by atoms with E-state index >= 15 is 26.3 Å². The first-order valence-electron chi connectivity index (χ1n) is 14.4. The molecule has 46 heavy (non-hydrogen) atoms. The van der Waals surface area contributed by atoms with Gasteiger partial charge >= 0.3 is 12.4 Å². The van der Waals surface area contributed by atoms with Crippen LogP contribution in [0.2, 0.25) is 0 Å². The number of carbonyl (C=O) groups excluding carboxylic acids is 4. The summed E-state index contributed by atoms with van der Waals surface area (Å²) in [5, 5.41) is 0. The second-order valence-electron chi connectivity index (χ2n) is 12.8. The van der Waals surface area contributed by atoms with Crippen LogP contribution >= 0.6 is 0 Å². The number of hydrogen-bond acceptors (Lipinski definition) is 4. The van der Waals surface area contributed by atoms with E-state index in [-0.39, 0.29) is 22.2 Å². The van der Waals surface area contributed by atoms with Crippen LogP contribution in [0.15, 0.2) is 36.4 Å². The molecule has 1 aliphatic carbocycles. The highest BCUT2D eigenvalue weighted by atomic mass is 19.4. The Morgan fingerprint density at radius 1 is 0.652 bits per heavy atom. The summed E-state index contributed by atoms with van der Waals surface area (Å²) < 4.78 is 90.0. The first-order chi connectivity index (χ1) is 21.2. The highest BCUT2D eigenvalue weighted by molar-refractivity contribution is 6.35. The lowest BCUT2D eigenvalue weighted by atomic mass is 9.71. The Morgan fingerprint density at radius 3 is 1.63 bits per heavy atom. The van der Waals surface area contributed by atoms with Gasteiger partial charge in [0.1, 0.15) is 0 Å². The lowest BCUT2D eigenvalue weighted by Gasteiger charge is -2.38. The Labute approximate surface area is 260 Å². The summed E-state index contributed by atoms with van der Waals surface area (Å²) in [6, 6.07) is 3.51. The first kappa shape index (κ1) is 31.5. The van der Waals surface area contributed by atoms with Gasteiger partial charge < -0.3 is 0 Å². The molecule has 6 rings (SSSR count). The smallest absolute Gasteiger partial charge is 0.277 e. The molecule has 2 aliphatic heterocycles. The number of rotatable bonds is 3. The molecule has 240 valence electrons. The summed E-state index contributed by atoms with van der Waals surface area (Å²) in [4.78, 5) is 53.9. The van der Waals surface area contributed by atoms with Crippen LogP contribution in [-0.2, 0) is 17.3 Å². The number of imide groups is 2. The Bertz CT molecular complexity index is 1930. The molecule has 3 aromatic carbocycles. The molecular formula is C34H28F6N2O4. The number of halogens is 6. The van der Waals surface area contributed by atoms with Crippen molar-refractivity contribution in [3.05, 3.63) is 97.6 Å². The van der Waals surface area contributed by atoms with Gasteiger partial charge in [0.15, 0.2) is 0 Å². The minimum Gasteiger partial charge on any atom is -0.277 e. The zero-order valence-corrected chi connectivity index (χ0v) is 25.7. The van der Waals surface area contributed by atoms with Crippen LogP contribution < -0.4 is 4.90 Å². The van der Waals surface area contributed by atoms with Crippen LogP contribution in [0.1, 0.15) is 101 Å². The van der Waals surface area contributed by atoms with Crippen molar-refractivity contribution < 1.29 is 45.5 Å². The third-order valence-electron chi connectivity index (χ3n) is 10.00. The van der Waals surface area contributed by atoms with Crippen molar-refractivity contribution in [3.8, 4) is 0 Å². The van der Waals surface area contributed by atoms with Crippen LogP contribution in [0.25, 0.3) is 0 Å². The van der Waals surface area contributed by atoms with Gasteiger partial charge in [-0.25, -0.2) is 4.90 Å². The Kier molecular flexibility index (Phi) is 6.52. The van der Waals surface area contributed by atoms with Crippen LogP contribution in [0.5, 0.6) is 0 Å².